The Hall–Kier alpha value is -3.27. The fraction of sp³-hybridized carbons (Fsp3) is 0.370. The predicted octanol–water partition coefficient (Wildman–Crippen LogP) is 4.70. The van der Waals surface area contributed by atoms with Gasteiger partial charge in [-0.25, -0.2) is 14.3 Å². The van der Waals surface area contributed by atoms with Crippen LogP contribution < -0.4 is 4.48 Å². The molecular formula is C27H32N5O+. The molecule has 3 aromatic rings. The molecule has 2 atom stereocenters. The van der Waals surface area contributed by atoms with Crippen molar-refractivity contribution in [2.24, 2.45) is 0 Å². The van der Waals surface area contributed by atoms with Crippen LogP contribution in [0.2, 0.25) is 0 Å². The van der Waals surface area contributed by atoms with Gasteiger partial charge in [0.05, 0.1) is 24.0 Å². The monoisotopic (exact) mass is 442 g/mol. The first-order valence-corrected chi connectivity index (χ1v) is 11.7. The molecular weight excluding hydrogens is 410 g/mol. The summed E-state index contributed by atoms with van der Waals surface area (Å²) >= 11 is 0. The molecule has 0 bridgehead atoms. The number of carbonyl (C=O) groups excluding carboxylic acids is 1. The second kappa shape index (κ2) is 10.1. The number of hydrogen-bond donors (Lipinski definition) is 1. The Balaban J connectivity index is 1.73. The van der Waals surface area contributed by atoms with Crippen LogP contribution in [0.1, 0.15) is 48.6 Å². The van der Waals surface area contributed by atoms with Crippen molar-refractivity contribution >= 4 is 11.6 Å². The summed E-state index contributed by atoms with van der Waals surface area (Å²) in [6.45, 7) is 6.74. The van der Waals surface area contributed by atoms with Gasteiger partial charge in [-0.15, -0.1) is 0 Å². The van der Waals surface area contributed by atoms with Gasteiger partial charge in [-0.05, 0) is 31.5 Å². The third-order valence-corrected chi connectivity index (χ3v) is 6.79. The highest BCUT2D eigenvalue weighted by atomic mass is 16.2. The van der Waals surface area contributed by atoms with Gasteiger partial charge in [0.25, 0.3) is 0 Å². The van der Waals surface area contributed by atoms with Crippen molar-refractivity contribution in [2.75, 3.05) is 13.1 Å². The van der Waals surface area contributed by atoms with Crippen LogP contribution in [0.4, 0.5) is 5.69 Å². The van der Waals surface area contributed by atoms with Crippen molar-refractivity contribution in [1.29, 1.82) is 5.26 Å². The Morgan fingerprint density at radius 3 is 2.67 bits per heavy atom. The molecule has 1 unspecified atom stereocenters. The van der Waals surface area contributed by atoms with E-state index in [1.807, 2.05) is 42.6 Å². The number of piperazine rings is 1. The van der Waals surface area contributed by atoms with Crippen molar-refractivity contribution in [1.82, 2.24) is 19.4 Å². The van der Waals surface area contributed by atoms with Crippen LogP contribution in [0.3, 0.4) is 0 Å². The Bertz CT molecular complexity index is 1120. The molecule has 2 aromatic carbocycles. The third kappa shape index (κ3) is 4.90. The highest BCUT2D eigenvalue weighted by Crippen LogP contribution is 2.35. The number of aromatic amines is 1. The van der Waals surface area contributed by atoms with Gasteiger partial charge >= 0.3 is 5.91 Å². The van der Waals surface area contributed by atoms with E-state index in [-0.39, 0.29) is 11.9 Å². The Kier molecular flexibility index (Phi) is 7.02. The molecule has 0 spiro atoms. The minimum absolute atomic E-state index is 0.209. The van der Waals surface area contributed by atoms with E-state index in [0.29, 0.717) is 29.7 Å². The molecule has 6 nitrogen and oxygen atoms in total. The number of imidazole rings is 1. The number of nitrogens with one attached hydrogen (secondary N) is 1. The van der Waals surface area contributed by atoms with E-state index < -0.39 is 0 Å². The van der Waals surface area contributed by atoms with Crippen molar-refractivity contribution in [3.8, 4) is 6.07 Å². The van der Waals surface area contributed by atoms with Gasteiger partial charge in [-0.2, -0.15) is 5.26 Å². The average Bonchev–Trinajstić information content (AvgIpc) is 3.34. The molecule has 0 radical (unpaired) electrons. The maximum atomic E-state index is 14.0. The second-order valence-corrected chi connectivity index (χ2v) is 9.08. The molecule has 0 aliphatic carbocycles. The lowest BCUT2D eigenvalue weighted by Gasteiger charge is -2.46. The number of carbonyl (C=O) groups is 1. The lowest BCUT2D eigenvalue weighted by Crippen LogP contribution is -2.67. The van der Waals surface area contributed by atoms with Gasteiger partial charge in [-0.1, -0.05) is 50.1 Å². The molecule has 170 valence electrons. The number of aryl methyl sites for hydroxylation is 1. The van der Waals surface area contributed by atoms with Crippen molar-refractivity contribution in [2.45, 2.75) is 52.2 Å². The number of para-hydroxylation sites is 1. The Morgan fingerprint density at radius 1 is 1.21 bits per heavy atom. The molecule has 1 aliphatic rings. The fourth-order valence-corrected chi connectivity index (χ4v) is 5.01. The second-order valence-electron chi connectivity index (χ2n) is 9.08. The van der Waals surface area contributed by atoms with E-state index in [1.54, 1.807) is 6.33 Å². The summed E-state index contributed by atoms with van der Waals surface area (Å²) in [5, 5.41) is 9.19. The number of unbranched alkanes of at least 4 members (excludes halogenated alkanes) is 1. The number of amides is 1. The maximum Gasteiger partial charge on any atom is 0.333 e. The van der Waals surface area contributed by atoms with Crippen molar-refractivity contribution < 1.29 is 4.79 Å². The Labute approximate surface area is 196 Å². The summed E-state index contributed by atoms with van der Waals surface area (Å²) in [6.07, 6.45) is 6.85. The Morgan fingerprint density at radius 2 is 2.00 bits per heavy atom. The number of rotatable bonds is 8. The van der Waals surface area contributed by atoms with Crippen LogP contribution in [-0.2, 0) is 17.9 Å². The van der Waals surface area contributed by atoms with Gasteiger partial charge in [-0.3, -0.25) is 4.90 Å². The van der Waals surface area contributed by atoms with Crippen LogP contribution in [0, 0.1) is 18.3 Å². The highest BCUT2D eigenvalue weighted by molar-refractivity contribution is 5.91. The van der Waals surface area contributed by atoms with E-state index in [9.17, 15) is 10.1 Å². The zero-order chi connectivity index (χ0) is 23.3. The first-order chi connectivity index (χ1) is 16.1. The predicted molar refractivity (Wildman–Crippen MR) is 130 cm³/mol. The molecule has 1 aromatic heterocycles. The van der Waals surface area contributed by atoms with E-state index in [0.717, 1.165) is 48.3 Å². The molecule has 1 aliphatic heterocycles. The summed E-state index contributed by atoms with van der Waals surface area (Å²) in [7, 11) is 0. The molecule has 6 heteroatoms. The van der Waals surface area contributed by atoms with Gasteiger partial charge in [0.15, 0.2) is 0 Å². The van der Waals surface area contributed by atoms with Gasteiger partial charge in [0, 0.05) is 29.6 Å². The zero-order valence-corrected chi connectivity index (χ0v) is 19.5. The molecule has 33 heavy (non-hydrogen) atoms. The zero-order valence-electron chi connectivity index (χ0n) is 19.5. The molecule has 0 saturated carbocycles. The number of nitrogens with zero attached hydrogens (tertiary/aromatic N) is 4. The minimum Gasteiger partial charge on any atom is -0.347 e. The summed E-state index contributed by atoms with van der Waals surface area (Å²) in [6, 6.07) is 18.4. The molecule has 1 N–H and O–H groups in total. The summed E-state index contributed by atoms with van der Waals surface area (Å²) in [5.74, 6) is 0.209. The fourth-order valence-electron chi connectivity index (χ4n) is 5.01. The standard InChI is InChI=1S/C27H32N5O/c1-3-4-8-25-19-32(26-9-6-5-7-21(26)2,18-23-12-10-22(14-28)11-13-23)27(33)17-31(25)16-24-15-29-20-30-24/h5-7,9-13,15,20,25H,3-4,8,16-19H2,1-2H3,(H,29,30)/q+1/t25-,32?/m0/s1. The smallest absolute Gasteiger partial charge is 0.333 e. The summed E-state index contributed by atoms with van der Waals surface area (Å²) in [5.41, 5.74) is 4.96. The topological polar surface area (TPSA) is 72.8 Å². The van der Waals surface area contributed by atoms with E-state index in [4.69, 9.17) is 0 Å². The SMILES string of the molecule is CCCC[C@H]1C[N+](Cc2ccc(C#N)cc2)(c2ccccc2C)C(=O)CN1Cc1cnc[nH]1. The van der Waals surface area contributed by atoms with Crippen LogP contribution in [0.15, 0.2) is 61.1 Å². The number of H-pyrrole nitrogens is 1. The van der Waals surface area contributed by atoms with Crippen LogP contribution in [0.25, 0.3) is 0 Å². The van der Waals surface area contributed by atoms with Crippen LogP contribution >= 0.6 is 0 Å². The van der Waals surface area contributed by atoms with Crippen molar-refractivity contribution in [3.63, 3.8) is 0 Å². The minimum atomic E-state index is 0.209. The van der Waals surface area contributed by atoms with E-state index >= 15 is 0 Å². The van der Waals surface area contributed by atoms with E-state index in [2.05, 4.69) is 46.9 Å². The number of hydrogen-bond acceptors (Lipinski definition) is 4. The van der Waals surface area contributed by atoms with Gasteiger partial charge in [0.2, 0.25) is 0 Å². The number of aromatic nitrogens is 2. The van der Waals surface area contributed by atoms with Crippen molar-refractivity contribution in [3.05, 3.63) is 83.4 Å². The maximum absolute atomic E-state index is 14.0. The molecule has 4 rings (SSSR count). The highest BCUT2D eigenvalue weighted by Gasteiger charge is 2.48. The molecule has 1 amide bonds. The number of quaternary nitrogens is 1. The van der Waals surface area contributed by atoms with Gasteiger partial charge in [0.1, 0.15) is 25.3 Å². The van der Waals surface area contributed by atoms with Gasteiger partial charge < -0.3 is 4.98 Å². The molecule has 2 heterocycles. The van der Waals surface area contributed by atoms with Crippen LogP contribution in [0.5, 0.6) is 0 Å². The normalized spacial score (nSPS) is 21.1. The summed E-state index contributed by atoms with van der Waals surface area (Å²) in [4.78, 5) is 23.7. The number of benzene rings is 2. The lowest BCUT2D eigenvalue weighted by molar-refractivity contribution is -0.138. The first kappa shape index (κ1) is 22.9. The first-order valence-electron chi connectivity index (χ1n) is 11.7. The third-order valence-electron chi connectivity index (χ3n) is 6.79. The molecule has 1 fully saturated rings. The van der Waals surface area contributed by atoms with E-state index in [1.165, 1.54) is 0 Å². The van der Waals surface area contributed by atoms with Crippen LogP contribution in [-0.4, -0.2) is 39.9 Å². The lowest BCUT2D eigenvalue weighted by atomic mass is 9.98. The largest absolute Gasteiger partial charge is 0.347 e. The molecule has 1 saturated heterocycles. The average molecular weight is 443 g/mol. The number of nitriles is 1. The summed E-state index contributed by atoms with van der Waals surface area (Å²) < 4.78 is 0.312. The quantitative estimate of drug-likeness (QED) is 0.513.